The van der Waals surface area contributed by atoms with E-state index < -0.39 is 5.97 Å². The zero-order valence-corrected chi connectivity index (χ0v) is 13.1. The van der Waals surface area contributed by atoms with Gasteiger partial charge in [-0.15, -0.1) is 0 Å². The number of H-pyrrole nitrogens is 1. The number of aryl methyl sites for hydroxylation is 1. The first-order chi connectivity index (χ1) is 12.2. The first-order valence-electron chi connectivity index (χ1n) is 7.75. The molecule has 7 nitrogen and oxygen atoms in total. The minimum absolute atomic E-state index is 0.111. The lowest BCUT2D eigenvalue weighted by Crippen LogP contribution is -1.98. The van der Waals surface area contributed by atoms with Gasteiger partial charge < -0.3 is 15.3 Å². The SMILES string of the molecule is O=C(O)c1nc(-c2ccc3c(c2)CC/C3=N/O)c(-c2ccncc2)[nH]1. The Labute approximate surface area is 142 Å². The highest BCUT2D eigenvalue weighted by molar-refractivity contribution is 6.04. The number of pyridine rings is 1. The molecule has 0 atom stereocenters. The van der Waals surface area contributed by atoms with E-state index in [4.69, 9.17) is 5.21 Å². The molecule has 1 aliphatic carbocycles. The summed E-state index contributed by atoms with van der Waals surface area (Å²) in [5, 5.41) is 21.7. The van der Waals surface area contributed by atoms with Gasteiger partial charge in [0.15, 0.2) is 0 Å². The number of carboxylic acid groups (broad SMARTS) is 1. The third kappa shape index (κ3) is 2.55. The molecule has 0 amide bonds. The minimum atomic E-state index is -1.11. The third-order valence-electron chi connectivity index (χ3n) is 4.32. The molecule has 7 heteroatoms. The van der Waals surface area contributed by atoms with E-state index in [1.165, 1.54) is 0 Å². The fraction of sp³-hybridized carbons (Fsp3) is 0.111. The molecule has 2 heterocycles. The number of aromatic carboxylic acids is 1. The molecule has 0 unspecified atom stereocenters. The smallest absolute Gasteiger partial charge is 0.371 e. The molecule has 0 radical (unpaired) electrons. The van der Waals surface area contributed by atoms with E-state index in [0.29, 0.717) is 23.5 Å². The van der Waals surface area contributed by atoms with Gasteiger partial charge >= 0.3 is 5.97 Å². The van der Waals surface area contributed by atoms with Crippen molar-refractivity contribution in [1.82, 2.24) is 15.0 Å². The van der Waals surface area contributed by atoms with Gasteiger partial charge in [0, 0.05) is 29.1 Å². The summed E-state index contributed by atoms with van der Waals surface area (Å²) in [4.78, 5) is 22.5. The second-order valence-corrected chi connectivity index (χ2v) is 5.77. The number of hydrogen-bond acceptors (Lipinski definition) is 5. The minimum Gasteiger partial charge on any atom is -0.475 e. The van der Waals surface area contributed by atoms with Crippen LogP contribution in [0.4, 0.5) is 0 Å². The predicted octanol–water partition coefficient (Wildman–Crippen LogP) is 2.96. The molecular formula is C18H14N4O3. The molecule has 1 aliphatic rings. The van der Waals surface area contributed by atoms with Gasteiger partial charge in [-0.1, -0.05) is 17.3 Å². The highest BCUT2D eigenvalue weighted by Crippen LogP contribution is 2.33. The zero-order chi connectivity index (χ0) is 17.4. The second-order valence-electron chi connectivity index (χ2n) is 5.77. The van der Waals surface area contributed by atoms with Gasteiger partial charge in [-0.25, -0.2) is 9.78 Å². The van der Waals surface area contributed by atoms with Crippen LogP contribution in [-0.4, -0.2) is 36.9 Å². The van der Waals surface area contributed by atoms with E-state index in [9.17, 15) is 9.90 Å². The molecular weight excluding hydrogens is 320 g/mol. The molecule has 124 valence electrons. The number of nitrogens with zero attached hydrogens (tertiary/aromatic N) is 3. The fourth-order valence-corrected chi connectivity index (χ4v) is 3.13. The van der Waals surface area contributed by atoms with Gasteiger partial charge in [-0.2, -0.15) is 0 Å². The fourth-order valence-electron chi connectivity index (χ4n) is 3.13. The summed E-state index contributed by atoms with van der Waals surface area (Å²) in [7, 11) is 0. The Morgan fingerprint density at radius 3 is 2.64 bits per heavy atom. The van der Waals surface area contributed by atoms with Crippen LogP contribution in [-0.2, 0) is 6.42 Å². The lowest BCUT2D eigenvalue weighted by atomic mass is 10.0. The van der Waals surface area contributed by atoms with Gasteiger partial charge in [-0.3, -0.25) is 4.98 Å². The van der Waals surface area contributed by atoms with Crippen molar-refractivity contribution in [2.75, 3.05) is 0 Å². The number of fused-ring (bicyclic) bond motifs is 1. The number of nitrogens with one attached hydrogen (secondary N) is 1. The average molecular weight is 334 g/mol. The van der Waals surface area contributed by atoms with Crippen molar-refractivity contribution in [1.29, 1.82) is 0 Å². The van der Waals surface area contributed by atoms with Crippen molar-refractivity contribution in [3.63, 3.8) is 0 Å². The van der Waals surface area contributed by atoms with Crippen LogP contribution >= 0.6 is 0 Å². The molecule has 0 saturated carbocycles. The molecule has 0 saturated heterocycles. The highest BCUT2D eigenvalue weighted by atomic mass is 16.4. The van der Waals surface area contributed by atoms with E-state index >= 15 is 0 Å². The van der Waals surface area contributed by atoms with Crippen molar-refractivity contribution in [2.45, 2.75) is 12.8 Å². The monoisotopic (exact) mass is 334 g/mol. The first-order valence-corrected chi connectivity index (χ1v) is 7.75. The Morgan fingerprint density at radius 2 is 1.92 bits per heavy atom. The van der Waals surface area contributed by atoms with Gasteiger partial charge in [0.05, 0.1) is 17.1 Å². The molecule has 0 fully saturated rings. The topological polar surface area (TPSA) is 111 Å². The first kappa shape index (κ1) is 15.1. The molecule has 2 aromatic heterocycles. The molecule has 0 spiro atoms. The van der Waals surface area contributed by atoms with Crippen LogP contribution in [0.2, 0.25) is 0 Å². The number of aromatic nitrogens is 3. The summed E-state index contributed by atoms with van der Waals surface area (Å²) < 4.78 is 0. The number of oxime groups is 1. The van der Waals surface area contributed by atoms with Gasteiger partial charge in [0.1, 0.15) is 0 Å². The zero-order valence-electron chi connectivity index (χ0n) is 13.1. The van der Waals surface area contributed by atoms with E-state index in [2.05, 4.69) is 20.1 Å². The molecule has 0 bridgehead atoms. The number of imidazole rings is 1. The maximum atomic E-state index is 11.3. The maximum Gasteiger partial charge on any atom is 0.371 e. The van der Waals surface area contributed by atoms with Crippen LogP contribution in [0.1, 0.15) is 28.2 Å². The second kappa shape index (κ2) is 5.86. The Kier molecular flexibility index (Phi) is 3.53. The normalized spacial score (nSPS) is 14.6. The van der Waals surface area contributed by atoms with Gasteiger partial charge in [0.2, 0.25) is 5.82 Å². The standard InChI is InChI=1S/C18H14N4O3/c23-18(24)17-20-15(10-5-7-19-8-6-10)16(21-17)12-1-3-13-11(9-12)2-4-14(13)22-25/h1,3,5-9,25H,2,4H2,(H,20,21)(H,23,24)/b22-14-. The Balaban J connectivity index is 1.87. The average Bonchev–Trinajstić information content (AvgIpc) is 3.26. The quantitative estimate of drug-likeness (QED) is 0.503. The van der Waals surface area contributed by atoms with E-state index in [1.807, 2.05) is 18.2 Å². The van der Waals surface area contributed by atoms with Crippen molar-refractivity contribution < 1.29 is 15.1 Å². The van der Waals surface area contributed by atoms with Crippen LogP contribution in [0.5, 0.6) is 0 Å². The van der Waals surface area contributed by atoms with E-state index in [-0.39, 0.29) is 5.82 Å². The molecule has 25 heavy (non-hydrogen) atoms. The Hall–Kier alpha value is -3.48. The molecule has 1 aromatic carbocycles. The van der Waals surface area contributed by atoms with Gasteiger partial charge in [-0.05, 0) is 36.6 Å². The van der Waals surface area contributed by atoms with Crippen molar-refractivity contribution in [2.24, 2.45) is 5.16 Å². The molecule has 0 aliphatic heterocycles. The van der Waals surface area contributed by atoms with Gasteiger partial charge in [0.25, 0.3) is 0 Å². The summed E-state index contributed by atoms with van der Waals surface area (Å²) in [5.74, 6) is -1.22. The molecule has 4 rings (SSSR count). The number of benzene rings is 1. The number of aromatic amines is 1. The number of carbonyl (C=O) groups is 1. The summed E-state index contributed by atoms with van der Waals surface area (Å²) >= 11 is 0. The van der Waals surface area contributed by atoms with Crippen LogP contribution < -0.4 is 0 Å². The largest absolute Gasteiger partial charge is 0.475 e. The number of rotatable bonds is 3. The number of carboxylic acids is 1. The Morgan fingerprint density at radius 1 is 1.12 bits per heavy atom. The summed E-state index contributed by atoms with van der Waals surface area (Å²) in [5.41, 5.74) is 5.48. The third-order valence-corrected chi connectivity index (χ3v) is 4.32. The molecule has 3 aromatic rings. The maximum absolute atomic E-state index is 11.3. The summed E-state index contributed by atoms with van der Waals surface area (Å²) in [6.07, 6.45) is 4.76. The van der Waals surface area contributed by atoms with Crippen LogP contribution in [0.15, 0.2) is 47.9 Å². The van der Waals surface area contributed by atoms with Crippen molar-refractivity contribution in [3.05, 3.63) is 59.7 Å². The van der Waals surface area contributed by atoms with Crippen LogP contribution in [0.3, 0.4) is 0 Å². The highest BCUT2D eigenvalue weighted by Gasteiger charge is 2.22. The van der Waals surface area contributed by atoms with E-state index in [1.54, 1.807) is 24.5 Å². The van der Waals surface area contributed by atoms with Crippen molar-refractivity contribution in [3.8, 4) is 22.5 Å². The Bertz CT molecular complexity index is 993. The molecule has 3 N–H and O–H groups in total. The van der Waals surface area contributed by atoms with Crippen LogP contribution in [0, 0.1) is 0 Å². The lowest BCUT2D eigenvalue weighted by Gasteiger charge is -2.05. The number of hydrogen-bond donors (Lipinski definition) is 3. The summed E-state index contributed by atoms with van der Waals surface area (Å²) in [6.45, 7) is 0. The predicted molar refractivity (Wildman–Crippen MR) is 90.9 cm³/mol. The van der Waals surface area contributed by atoms with Crippen molar-refractivity contribution >= 4 is 11.7 Å². The lowest BCUT2D eigenvalue weighted by molar-refractivity contribution is 0.0685. The van der Waals surface area contributed by atoms with Crippen LogP contribution in [0.25, 0.3) is 22.5 Å². The van der Waals surface area contributed by atoms with E-state index in [0.717, 1.165) is 28.7 Å². The summed E-state index contributed by atoms with van der Waals surface area (Å²) in [6, 6.07) is 9.32.